The number of amides is 2. The van der Waals surface area contributed by atoms with Gasteiger partial charge in [-0.3, -0.25) is 14.3 Å². The first-order valence-electron chi connectivity index (χ1n) is 11.6. The van der Waals surface area contributed by atoms with Gasteiger partial charge in [-0.25, -0.2) is 13.8 Å². The lowest BCUT2D eigenvalue weighted by Crippen LogP contribution is -2.16. The standard InChI is InChI=1S/C26H19Cl2F2N5O4S/c1-11-15(9-35(2)34-11)14-8-17(23(29)30)32-26-20(14)21(22(40-26)24(31)36)33-25(37)19-6-4-13(39-19)10-38-18-5-3-12(27)7-16(18)28/h3-9,23H,10H2,1-2H3,(H2,31,36)(H,33,37). The maximum Gasteiger partial charge on any atom is 0.291 e. The summed E-state index contributed by atoms with van der Waals surface area (Å²) >= 11 is 12.8. The summed E-state index contributed by atoms with van der Waals surface area (Å²) in [5.41, 5.74) is 6.54. The molecule has 0 aliphatic rings. The summed E-state index contributed by atoms with van der Waals surface area (Å²) in [5, 5.41) is 8.00. The Hall–Kier alpha value is -4.00. The molecule has 9 nitrogen and oxygen atoms in total. The van der Waals surface area contributed by atoms with Crippen LogP contribution in [0.3, 0.4) is 0 Å². The average molecular weight is 606 g/mol. The molecule has 3 N–H and O–H groups in total. The fourth-order valence-electron chi connectivity index (χ4n) is 4.09. The van der Waals surface area contributed by atoms with Gasteiger partial charge >= 0.3 is 0 Å². The van der Waals surface area contributed by atoms with E-state index in [0.717, 1.165) is 11.3 Å². The normalized spacial score (nSPS) is 11.4. The number of furan rings is 1. The molecule has 206 valence electrons. The van der Waals surface area contributed by atoms with Crippen LogP contribution in [0.5, 0.6) is 5.75 Å². The maximum absolute atomic E-state index is 13.7. The van der Waals surface area contributed by atoms with Crippen LogP contribution < -0.4 is 15.8 Å². The number of fused-ring (bicyclic) bond motifs is 1. The van der Waals surface area contributed by atoms with Gasteiger partial charge in [-0.05, 0) is 48.9 Å². The number of nitrogens with two attached hydrogens (primary N) is 1. The molecule has 0 saturated heterocycles. The number of hydrogen-bond acceptors (Lipinski definition) is 7. The number of primary amides is 1. The molecule has 5 aromatic rings. The molecule has 4 aromatic heterocycles. The molecule has 4 heterocycles. The molecule has 40 heavy (non-hydrogen) atoms. The Bertz CT molecular complexity index is 1780. The van der Waals surface area contributed by atoms with E-state index in [9.17, 15) is 18.4 Å². The Kier molecular flexibility index (Phi) is 7.49. The molecule has 0 spiro atoms. The number of carbonyl (C=O) groups is 2. The zero-order valence-corrected chi connectivity index (χ0v) is 23.1. The van der Waals surface area contributed by atoms with Gasteiger partial charge in [0, 0.05) is 29.2 Å². The first kappa shape index (κ1) is 27.6. The SMILES string of the molecule is Cc1nn(C)cc1-c1cc(C(F)F)nc2sc(C(N)=O)c(NC(=O)c3ccc(COc4ccc(Cl)cc4Cl)o3)c12. The van der Waals surface area contributed by atoms with Gasteiger partial charge < -0.3 is 20.2 Å². The van der Waals surface area contributed by atoms with Crippen LogP contribution in [-0.4, -0.2) is 26.6 Å². The Morgan fingerprint density at radius 1 is 1.20 bits per heavy atom. The van der Waals surface area contributed by atoms with Gasteiger partial charge in [0.15, 0.2) is 5.76 Å². The number of thiophene rings is 1. The lowest BCUT2D eigenvalue weighted by molar-refractivity contribution is 0.0992. The van der Waals surface area contributed by atoms with E-state index in [4.69, 9.17) is 38.1 Å². The van der Waals surface area contributed by atoms with E-state index >= 15 is 0 Å². The van der Waals surface area contributed by atoms with Crippen LogP contribution in [0, 0.1) is 6.92 Å². The van der Waals surface area contributed by atoms with E-state index in [1.54, 1.807) is 38.4 Å². The molecule has 5 rings (SSSR count). The van der Waals surface area contributed by atoms with E-state index in [0.29, 0.717) is 38.4 Å². The molecule has 0 unspecified atom stereocenters. The van der Waals surface area contributed by atoms with E-state index in [1.807, 2.05) is 0 Å². The van der Waals surface area contributed by atoms with E-state index in [2.05, 4.69) is 15.4 Å². The smallest absolute Gasteiger partial charge is 0.291 e. The summed E-state index contributed by atoms with van der Waals surface area (Å²) in [5.74, 6) is -0.967. The summed E-state index contributed by atoms with van der Waals surface area (Å²) in [4.78, 5) is 29.6. The maximum atomic E-state index is 13.7. The molecular weight excluding hydrogens is 587 g/mol. The van der Waals surface area contributed by atoms with Crippen molar-refractivity contribution in [2.75, 3.05) is 5.32 Å². The third-order valence-electron chi connectivity index (χ3n) is 5.82. The number of hydrogen-bond donors (Lipinski definition) is 2. The zero-order valence-electron chi connectivity index (χ0n) is 20.8. The first-order valence-corrected chi connectivity index (χ1v) is 13.1. The third-order valence-corrected chi connectivity index (χ3v) is 7.45. The Balaban J connectivity index is 1.50. The third kappa shape index (κ3) is 5.37. The minimum absolute atomic E-state index is 0.0335. The summed E-state index contributed by atoms with van der Waals surface area (Å²) in [6.07, 6.45) is -1.22. The molecule has 2 amide bonds. The van der Waals surface area contributed by atoms with Gasteiger partial charge in [0.25, 0.3) is 18.2 Å². The molecule has 0 atom stereocenters. The topological polar surface area (TPSA) is 125 Å². The van der Waals surface area contributed by atoms with Crippen molar-refractivity contribution in [1.29, 1.82) is 0 Å². The van der Waals surface area contributed by atoms with Crippen molar-refractivity contribution in [2.45, 2.75) is 20.0 Å². The molecule has 1 aromatic carbocycles. The van der Waals surface area contributed by atoms with Gasteiger partial charge in [0.1, 0.15) is 33.5 Å². The lowest BCUT2D eigenvalue weighted by atomic mass is 10.0. The van der Waals surface area contributed by atoms with E-state index in [1.165, 1.54) is 22.9 Å². The van der Waals surface area contributed by atoms with Crippen molar-refractivity contribution in [3.63, 3.8) is 0 Å². The summed E-state index contributed by atoms with van der Waals surface area (Å²) in [7, 11) is 1.69. The molecule has 0 radical (unpaired) electrons. The number of carbonyl (C=O) groups excluding carboxylic acids is 2. The Morgan fingerprint density at radius 3 is 2.62 bits per heavy atom. The van der Waals surface area contributed by atoms with Crippen LogP contribution in [0.2, 0.25) is 10.0 Å². The summed E-state index contributed by atoms with van der Waals surface area (Å²) < 4.78 is 40.3. The zero-order chi connectivity index (χ0) is 28.7. The minimum Gasteiger partial charge on any atom is -0.484 e. The number of ether oxygens (including phenoxy) is 1. The van der Waals surface area contributed by atoms with Gasteiger partial charge in [-0.2, -0.15) is 5.10 Å². The van der Waals surface area contributed by atoms with Crippen LogP contribution in [0.15, 0.2) is 47.0 Å². The monoisotopic (exact) mass is 605 g/mol. The van der Waals surface area contributed by atoms with E-state index in [-0.39, 0.29) is 33.1 Å². The predicted molar refractivity (Wildman–Crippen MR) is 147 cm³/mol. The molecule has 14 heteroatoms. The van der Waals surface area contributed by atoms with Crippen LogP contribution in [0.4, 0.5) is 14.5 Å². The Labute approximate surface area is 239 Å². The largest absolute Gasteiger partial charge is 0.484 e. The number of aryl methyl sites for hydroxylation is 2. The summed E-state index contributed by atoms with van der Waals surface area (Å²) in [6, 6.07) is 8.93. The van der Waals surface area contributed by atoms with Crippen molar-refractivity contribution in [1.82, 2.24) is 14.8 Å². The van der Waals surface area contributed by atoms with Crippen LogP contribution in [0.1, 0.15) is 43.8 Å². The highest BCUT2D eigenvalue weighted by Gasteiger charge is 2.27. The first-order chi connectivity index (χ1) is 19.0. The quantitative estimate of drug-likeness (QED) is 0.201. The van der Waals surface area contributed by atoms with Crippen LogP contribution in [0.25, 0.3) is 21.3 Å². The van der Waals surface area contributed by atoms with Crippen molar-refractivity contribution in [2.24, 2.45) is 12.8 Å². The fourth-order valence-corrected chi connectivity index (χ4v) is 5.57. The van der Waals surface area contributed by atoms with Gasteiger partial charge in [0.2, 0.25) is 0 Å². The Morgan fingerprint density at radius 2 is 1.98 bits per heavy atom. The van der Waals surface area contributed by atoms with Crippen molar-refractivity contribution in [3.05, 3.63) is 80.4 Å². The number of nitrogens with one attached hydrogen (secondary N) is 1. The molecule has 0 aliphatic carbocycles. The molecule has 0 fully saturated rings. The fraction of sp³-hybridized carbons (Fsp3) is 0.154. The highest BCUT2D eigenvalue weighted by Crippen LogP contribution is 2.43. The highest BCUT2D eigenvalue weighted by molar-refractivity contribution is 7.21. The lowest BCUT2D eigenvalue weighted by Gasteiger charge is -2.10. The number of anilines is 1. The number of benzene rings is 1. The van der Waals surface area contributed by atoms with Crippen molar-refractivity contribution >= 4 is 62.3 Å². The van der Waals surface area contributed by atoms with Crippen molar-refractivity contribution < 1.29 is 27.5 Å². The van der Waals surface area contributed by atoms with Crippen LogP contribution in [-0.2, 0) is 13.7 Å². The number of nitrogens with zero attached hydrogens (tertiary/aromatic N) is 3. The second-order valence-corrected chi connectivity index (χ2v) is 10.5. The number of halogens is 4. The molecule has 0 aliphatic heterocycles. The van der Waals surface area contributed by atoms with Gasteiger partial charge in [-0.15, -0.1) is 11.3 Å². The molecule has 0 saturated carbocycles. The van der Waals surface area contributed by atoms with Gasteiger partial charge in [-0.1, -0.05) is 23.2 Å². The highest BCUT2D eigenvalue weighted by atomic mass is 35.5. The summed E-state index contributed by atoms with van der Waals surface area (Å²) in [6.45, 7) is 1.68. The minimum atomic E-state index is -2.87. The second kappa shape index (κ2) is 10.9. The number of pyridine rings is 1. The molecular formula is C26H19Cl2F2N5O4S. The predicted octanol–water partition coefficient (Wildman–Crippen LogP) is 6.77. The number of alkyl halides is 2. The van der Waals surface area contributed by atoms with E-state index < -0.39 is 23.9 Å². The number of aromatic nitrogens is 3. The number of rotatable bonds is 8. The second-order valence-electron chi connectivity index (χ2n) is 8.63. The molecule has 0 bridgehead atoms. The average Bonchev–Trinajstić information content (AvgIpc) is 3.60. The van der Waals surface area contributed by atoms with Crippen molar-refractivity contribution in [3.8, 4) is 16.9 Å². The van der Waals surface area contributed by atoms with Crippen LogP contribution >= 0.6 is 34.5 Å². The van der Waals surface area contributed by atoms with Gasteiger partial charge in [0.05, 0.1) is 16.4 Å².